The molecular weight excluding hydrogens is 544 g/mol. The molecule has 5 N–H and O–H groups in total. The van der Waals surface area contributed by atoms with Gasteiger partial charge in [-0.05, 0) is 58.2 Å². The smallest absolute Gasteiger partial charge is 0.407 e. The lowest BCUT2D eigenvalue weighted by Crippen LogP contribution is -2.48. The van der Waals surface area contributed by atoms with Crippen molar-refractivity contribution in [3.8, 4) is 0 Å². The predicted molar refractivity (Wildman–Crippen MR) is 157 cm³/mol. The zero-order valence-electron chi connectivity index (χ0n) is 24.3. The van der Waals surface area contributed by atoms with Crippen molar-refractivity contribution in [2.75, 3.05) is 29.9 Å². The molecule has 3 amide bonds. The third-order valence-corrected chi connectivity index (χ3v) is 6.18. The van der Waals surface area contributed by atoms with Crippen LogP contribution in [0, 0.1) is 0 Å². The Hall–Kier alpha value is -4.62. The van der Waals surface area contributed by atoms with Crippen molar-refractivity contribution in [1.29, 1.82) is 0 Å². The first kappa shape index (κ1) is 31.9. The maximum Gasteiger partial charge on any atom is 0.407 e. The second-order valence-corrected chi connectivity index (χ2v) is 10.8. The molecule has 0 aliphatic heterocycles. The second kappa shape index (κ2) is 15.4. The Morgan fingerprint density at radius 2 is 1.98 bits per heavy atom. The summed E-state index contributed by atoms with van der Waals surface area (Å²) in [7, 11) is 0. The summed E-state index contributed by atoms with van der Waals surface area (Å²) >= 11 is 0. The van der Waals surface area contributed by atoms with Gasteiger partial charge in [-0.15, -0.1) is 0 Å². The minimum absolute atomic E-state index is 0.124. The van der Waals surface area contributed by atoms with E-state index in [1.54, 1.807) is 51.5 Å². The van der Waals surface area contributed by atoms with Crippen LogP contribution in [-0.2, 0) is 25.7 Å². The molecule has 0 aliphatic rings. The van der Waals surface area contributed by atoms with Crippen LogP contribution in [0.3, 0.4) is 0 Å². The Labute approximate surface area is 244 Å². The van der Waals surface area contributed by atoms with Gasteiger partial charge in [-0.3, -0.25) is 14.3 Å². The van der Waals surface area contributed by atoms with Crippen LogP contribution in [0.25, 0.3) is 10.9 Å². The van der Waals surface area contributed by atoms with Gasteiger partial charge >= 0.3 is 12.1 Å². The van der Waals surface area contributed by atoms with Gasteiger partial charge < -0.3 is 35.7 Å². The number of nitrogens with zero attached hydrogens (tertiary/aromatic N) is 4. The highest BCUT2D eigenvalue weighted by Crippen LogP contribution is 2.22. The molecule has 1 aromatic carbocycles. The lowest BCUT2D eigenvalue weighted by atomic mass is 10.1. The molecule has 14 heteroatoms. The third-order valence-electron chi connectivity index (χ3n) is 6.18. The average molecular weight is 585 g/mol. The Bertz CT molecular complexity index is 1320. The minimum Gasteiger partial charge on any atom is -0.480 e. The van der Waals surface area contributed by atoms with Gasteiger partial charge in [0.05, 0.1) is 18.3 Å². The highest BCUT2D eigenvalue weighted by Gasteiger charge is 2.24. The molecule has 0 bridgehead atoms. The molecule has 1 unspecified atom stereocenters. The van der Waals surface area contributed by atoms with Gasteiger partial charge in [-0.1, -0.05) is 6.42 Å². The summed E-state index contributed by atoms with van der Waals surface area (Å²) in [6.45, 7) is 6.90. The summed E-state index contributed by atoms with van der Waals surface area (Å²) in [6, 6.07) is 4.04. The van der Waals surface area contributed by atoms with Gasteiger partial charge in [0.2, 0.25) is 12.3 Å². The number of amides is 3. The highest BCUT2D eigenvalue weighted by molar-refractivity contribution is 5.88. The number of carbonyl (C=O) groups is 4. The molecule has 3 aromatic rings. The van der Waals surface area contributed by atoms with Gasteiger partial charge in [-0.2, -0.15) is 5.10 Å². The zero-order valence-corrected chi connectivity index (χ0v) is 24.3. The highest BCUT2D eigenvalue weighted by atomic mass is 16.6. The summed E-state index contributed by atoms with van der Waals surface area (Å²) in [5, 5.41) is 23.3. The number of unbranched alkanes of at least 4 members (excludes halogenated alkanes) is 2. The molecule has 2 aromatic heterocycles. The van der Waals surface area contributed by atoms with Crippen molar-refractivity contribution in [2.24, 2.45) is 0 Å². The number of imidazole rings is 1. The van der Waals surface area contributed by atoms with Crippen LogP contribution >= 0.6 is 0 Å². The minimum atomic E-state index is -1.28. The molecular formula is C28H40N8O6. The number of benzene rings is 1. The fourth-order valence-corrected chi connectivity index (χ4v) is 4.18. The SMILES string of the molecule is CC(C)(C)OC(=O)NCCCCCC(=O)NC(CN(C=O)c1ccc2c(cnn2CCCNc2ncc[nH]2)c1)C(=O)O. The number of aromatic nitrogens is 4. The van der Waals surface area contributed by atoms with Crippen LogP contribution in [0.1, 0.15) is 52.9 Å². The molecule has 0 aliphatic carbocycles. The van der Waals surface area contributed by atoms with Crippen LogP contribution in [0.4, 0.5) is 16.4 Å². The number of carboxylic acids is 1. The van der Waals surface area contributed by atoms with Crippen LogP contribution in [0.15, 0.2) is 36.8 Å². The van der Waals surface area contributed by atoms with Crippen LogP contribution in [0.5, 0.6) is 0 Å². The molecule has 0 spiro atoms. The largest absolute Gasteiger partial charge is 0.480 e. The zero-order chi connectivity index (χ0) is 30.5. The molecule has 42 heavy (non-hydrogen) atoms. The first-order valence-electron chi connectivity index (χ1n) is 14.0. The maximum atomic E-state index is 12.4. The average Bonchev–Trinajstić information content (AvgIpc) is 3.59. The number of aryl methyl sites for hydroxylation is 1. The van der Waals surface area contributed by atoms with E-state index in [9.17, 15) is 24.3 Å². The van der Waals surface area contributed by atoms with Crippen LogP contribution in [0.2, 0.25) is 0 Å². The molecule has 2 heterocycles. The first-order chi connectivity index (χ1) is 20.1. The van der Waals surface area contributed by atoms with Gasteiger partial charge in [0.15, 0.2) is 5.95 Å². The third kappa shape index (κ3) is 10.4. The molecule has 14 nitrogen and oxygen atoms in total. The lowest BCUT2D eigenvalue weighted by molar-refractivity contribution is -0.141. The topological polar surface area (TPSA) is 184 Å². The van der Waals surface area contributed by atoms with Gasteiger partial charge in [0, 0.05) is 49.5 Å². The van der Waals surface area contributed by atoms with Gasteiger partial charge in [0.25, 0.3) is 0 Å². The number of hydrogen-bond acceptors (Lipinski definition) is 8. The number of alkyl carbamates (subject to hydrolysis) is 1. The number of carboxylic acid groups (broad SMARTS) is 1. The van der Waals surface area contributed by atoms with Crippen molar-refractivity contribution in [3.63, 3.8) is 0 Å². The fraction of sp³-hybridized carbons (Fsp3) is 0.500. The number of hydrogen-bond donors (Lipinski definition) is 5. The number of H-pyrrole nitrogens is 1. The predicted octanol–water partition coefficient (Wildman–Crippen LogP) is 2.88. The number of nitrogens with one attached hydrogen (secondary N) is 4. The number of ether oxygens (including phenoxy) is 1. The monoisotopic (exact) mass is 584 g/mol. The van der Waals surface area contributed by atoms with E-state index in [1.807, 2.05) is 10.7 Å². The van der Waals surface area contributed by atoms with E-state index in [0.717, 1.165) is 17.3 Å². The van der Waals surface area contributed by atoms with E-state index in [-0.39, 0.29) is 13.0 Å². The first-order valence-corrected chi connectivity index (χ1v) is 14.0. The molecule has 0 fully saturated rings. The number of aromatic amines is 1. The number of fused-ring (bicyclic) bond motifs is 1. The van der Waals surface area contributed by atoms with E-state index in [2.05, 4.69) is 31.0 Å². The normalized spacial score (nSPS) is 12.0. The van der Waals surface area contributed by atoms with Crippen LogP contribution in [-0.4, -0.2) is 80.5 Å². The number of aliphatic carboxylic acids is 1. The summed E-state index contributed by atoms with van der Waals surface area (Å²) in [5.41, 5.74) is 0.805. The second-order valence-electron chi connectivity index (χ2n) is 10.8. The van der Waals surface area contributed by atoms with E-state index in [0.29, 0.717) is 56.9 Å². The Morgan fingerprint density at radius 1 is 1.17 bits per heavy atom. The standard InChI is InChI=1S/C28H40N8O6/c1-28(2,3)42-27(41)32-11-6-4-5-8-24(38)34-22(25(39)40)18-35(19-37)21-9-10-23-20(16-21)17-33-36(23)15-7-12-29-26-30-13-14-31-26/h9-10,13-14,16-17,19,22H,4-8,11-12,15,18H2,1-3H3,(H,32,41)(H,34,38)(H,39,40)(H2,29,30,31). The summed E-state index contributed by atoms with van der Waals surface area (Å²) in [4.78, 5) is 56.2. The number of rotatable bonds is 17. The van der Waals surface area contributed by atoms with Gasteiger partial charge in [0.1, 0.15) is 11.6 Å². The Kier molecular flexibility index (Phi) is 11.7. The van der Waals surface area contributed by atoms with E-state index < -0.39 is 29.6 Å². The molecule has 0 saturated carbocycles. The van der Waals surface area contributed by atoms with Crippen LogP contribution < -0.4 is 20.9 Å². The lowest BCUT2D eigenvalue weighted by Gasteiger charge is -2.23. The van der Waals surface area contributed by atoms with Crippen molar-refractivity contribution in [3.05, 3.63) is 36.8 Å². The molecule has 0 radical (unpaired) electrons. The fourth-order valence-electron chi connectivity index (χ4n) is 4.18. The van der Waals surface area contributed by atoms with Crippen molar-refractivity contribution >= 4 is 46.9 Å². The molecule has 1 atom stereocenters. The number of anilines is 2. The Morgan fingerprint density at radius 3 is 2.67 bits per heavy atom. The molecule has 0 saturated heterocycles. The maximum absolute atomic E-state index is 12.4. The summed E-state index contributed by atoms with van der Waals surface area (Å²) in [6.07, 6.45) is 7.93. The number of carbonyl (C=O) groups excluding carboxylic acids is 3. The Balaban J connectivity index is 1.45. The van der Waals surface area contributed by atoms with E-state index in [4.69, 9.17) is 4.74 Å². The van der Waals surface area contributed by atoms with Crippen molar-refractivity contribution in [1.82, 2.24) is 30.4 Å². The van der Waals surface area contributed by atoms with Gasteiger partial charge in [-0.25, -0.2) is 14.6 Å². The quantitative estimate of drug-likeness (QED) is 0.118. The molecule has 3 rings (SSSR count). The van der Waals surface area contributed by atoms with Crippen molar-refractivity contribution < 1.29 is 29.0 Å². The van der Waals surface area contributed by atoms with E-state index >= 15 is 0 Å². The van der Waals surface area contributed by atoms with Crippen molar-refractivity contribution in [2.45, 2.75) is 71.1 Å². The summed E-state index contributed by atoms with van der Waals surface area (Å²) < 4.78 is 7.03. The summed E-state index contributed by atoms with van der Waals surface area (Å²) in [5.74, 6) is -0.958. The van der Waals surface area contributed by atoms with E-state index in [1.165, 1.54) is 4.90 Å². The molecule has 228 valence electrons.